The van der Waals surface area contributed by atoms with Crippen molar-refractivity contribution >= 4 is 23.0 Å². The Bertz CT molecular complexity index is 1010. The highest BCUT2D eigenvalue weighted by Gasteiger charge is 2.07. The average Bonchev–Trinajstić information content (AvgIpc) is 3.11. The van der Waals surface area contributed by atoms with E-state index in [1.807, 2.05) is 42.5 Å². The second kappa shape index (κ2) is 8.59. The molecule has 0 aliphatic rings. The molecule has 0 saturated carbocycles. The molecule has 3 aromatic rings. The van der Waals surface area contributed by atoms with Gasteiger partial charge in [-0.25, -0.2) is 9.59 Å². The Morgan fingerprint density at radius 2 is 1.93 bits per heavy atom. The molecule has 0 bridgehead atoms. The van der Waals surface area contributed by atoms with Gasteiger partial charge in [0.25, 0.3) is 0 Å². The van der Waals surface area contributed by atoms with Gasteiger partial charge in [-0.1, -0.05) is 48.2 Å². The maximum atomic E-state index is 11.6. The molecule has 1 amide bonds. The second-order valence-corrected chi connectivity index (χ2v) is 5.83. The first-order valence-corrected chi connectivity index (χ1v) is 8.41. The number of fused-ring (bicyclic) bond motifs is 1. The van der Waals surface area contributed by atoms with Crippen LogP contribution in [0, 0.1) is 11.8 Å². The summed E-state index contributed by atoms with van der Waals surface area (Å²) >= 11 is 0. The van der Waals surface area contributed by atoms with Crippen molar-refractivity contribution in [2.45, 2.75) is 13.0 Å². The van der Waals surface area contributed by atoms with E-state index in [9.17, 15) is 9.59 Å². The molecular weight excluding hydrogens is 344 g/mol. The number of benzene rings is 2. The van der Waals surface area contributed by atoms with E-state index < -0.39 is 12.1 Å². The third-order valence-electron chi connectivity index (χ3n) is 3.82. The summed E-state index contributed by atoms with van der Waals surface area (Å²) in [5, 5.41) is 12.5. The van der Waals surface area contributed by atoms with E-state index in [1.165, 1.54) is 0 Å². The summed E-state index contributed by atoms with van der Waals surface area (Å²) in [5.74, 6) is 4.98. The molecule has 2 aromatic carbocycles. The van der Waals surface area contributed by atoms with Gasteiger partial charge in [-0.05, 0) is 23.8 Å². The number of alkyl carbamates (subject to hydrolysis) is 1. The Labute approximate surface area is 156 Å². The van der Waals surface area contributed by atoms with Crippen LogP contribution in [-0.2, 0) is 11.3 Å². The van der Waals surface area contributed by atoms with E-state index in [-0.39, 0.29) is 12.3 Å². The first kappa shape index (κ1) is 18.1. The Morgan fingerprint density at radius 3 is 2.70 bits per heavy atom. The van der Waals surface area contributed by atoms with Crippen LogP contribution in [0.4, 0.5) is 4.79 Å². The zero-order valence-corrected chi connectivity index (χ0v) is 14.5. The number of aromatic amines is 1. The van der Waals surface area contributed by atoms with Crippen LogP contribution in [0.3, 0.4) is 0 Å². The van der Waals surface area contributed by atoms with Crippen molar-refractivity contribution in [3.8, 4) is 11.8 Å². The summed E-state index contributed by atoms with van der Waals surface area (Å²) in [5.41, 5.74) is 2.57. The van der Waals surface area contributed by atoms with Crippen molar-refractivity contribution in [1.82, 2.24) is 10.3 Å². The maximum Gasteiger partial charge on any atom is 0.407 e. The highest BCUT2D eigenvalue weighted by atomic mass is 16.5. The molecule has 0 radical (unpaired) electrons. The van der Waals surface area contributed by atoms with E-state index in [4.69, 9.17) is 9.84 Å². The van der Waals surface area contributed by atoms with E-state index in [0.717, 1.165) is 22.0 Å². The number of ether oxygens (including phenoxy) is 1. The van der Waals surface area contributed by atoms with Gasteiger partial charge in [-0.15, -0.1) is 0 Å². The van der Waals surface area contributed by atoms with Crippen molar-refractivity contribution < 1.29 is 19.4 Å². The number of carboxylic acid groups (broad SMARTS) is 1. The normalized spacial score (nSPS) is 10.1. The number of aromatic nitrogens is 1. The van der Waals surface area contributed by atoms with Crippen LogP contribution in [0.15, 0.2) is 54.6 Å². The highest BCUT2D eigenvalue weighted by molar-refractivity contribution is 5.94. The van der Waals surface area contributed by atoms with Gasteiger partial charge in [0.05, 0.1) is 0 Å². The van der Waals surface area contributed by atoms with Crippen LogP contribution in [0.5, 0.6) is 0 Å². The van der Waals surface area contributed by atoms with E-state index in [0.29, 0.717) is 13.0 Å². The molecule has 0 fully saturated rings. The van der Waals surface area contributed by atoms with Crippen molar-refractivity contribution in [3.05, 3.63) is 71.4 Å². The van der Waals surface area contributed by atoms with Crippen LogP contribution in [0.2, 0.25) is 0 Å². The lowest BCUT2D eigenvalue weighted by molar-refractivity contribution is 0.0691. The number of nitrogens with one attached hydrogen (secondary N) is 2. The average molecular weight is 362 g/mol. The number of H-pyrrole nitrogens is 1. The largest absolute Gasteiger partial charge is 0.477 e. The molecule has 0 unspecified atom stereocenters. The predicted molar refractivity (Wildman–Crippen MR) is 101 cm³/mol. The number of carbonyl (C=O) groups is 2. The Kier molecular flexibility index (Phi) is 5.75. The Balaban J connectivity index is 1.45. The molecule has 0 aliphatic carbocycles. The molecule has 0 saturated heterocycles. The highest BCUT2D eigenvalue weighted by Crippen LogP contribution is 2.16. The number of hydrogen-bond donors (Lipinski definition) is 3. The SMILES string of the molecule is O=C(NCCC#Cc1ccc2cc(C(=O)O)[nH]c2c1)OCc1ccccc1. The van der Waals surface area contributed by atoms with Crippen LogP contribution in [0.25, 0.3) is 10.9 Å². The third kappa shape index (κ3) is 5.13. The van der Waals surface area contributed by atoms with Crippen molar-refractivity contribution in [2.75, 3.05) is 6.54 Å². The smallest absolute Gasteiger partial charge is 0.407 e. The number of hydrogen-bond acceptors (Lipinski definition) is 3. The molecule has 27 heavy (non-hydrogen) atoms. The van der Waals surface area contributed by atoms with Gasteiger partial charge in [0.1, 0.15) is 12.3 Å². The number of carbonyl (C=O) groups excluding carboxylic acids is 1. The van der Waals surface area contributed by atoms with Gasteiger partial charge in [-0.2, -0.15) is 0 Å². The van der Waals surface area contributed by atoms with E-state index in [1.54, 1.807) is 12.1 Å². The molecule has 1 heterocycles. The first-order chi connectivity index (χ1) is 13.1. The molecule has 3 N–H and O–H groups in total. The monoisotopic (exact) mass is 362 g/mol. The molecular formula is C21H18N2O4. The molecule has 136 valence electrons. The molecule has 1 aromatic heterocycles. The zero-order chi connectivity index (χ0) is 19.1. The minimum Gasteiger partial charge on any atom is -0.477 e. The summed E-state index contributed by atoms with van der Waals surface area (Å²) in [6.07, 6.45) is -0.00140. The fourth-order valence-electron chi connectivity index (χ4n) is 2.49. The van der Waals surface area contributed by atoms with Crippen LogP contribution < -0.4 is 5.32 Å². The number of amides is 1. The van der Waals surface area contributed by atoms with Crippen LogP contribution in [-0.4, -0.2) is 28.7 Å². The van der Waals surface area contributed by atoms with Gasteiger partial charge >= 0.3 is 12.1 Å². The summed E-state index contributed by atoms with van der Waals surface area (Å²) in [6.45, 7) is 0.612. The molecule has 0 aliphatic heterocycles. The lowest BCUT2D eigenvalue weighted by atomic mass is 10.1. The third-order valence-corrected chi connectivity index (χ3v) is 3.82. The van der Waals surface area contributed by atoms with Gasteiger partial charge in [-0.3, -0.25) is 0 Å². The molecule has 0 spiro atoms. The maximum absolute atomic E-state index is 11.6. The van der Waals surface area contributed by atoms with Gasteiger partial charge in [0.2, 0.25) is 0 Å². The number of rotatable bonds is 5. The van der Waals surface area contributed by atoms with E-state index >= 15 is 0 Å². The standard InChI is InChI=1S/C21H18N2O4/c24-20(25)19-13-17-10-9-15(12-18(17)23-19)6-4-5-11-22-21(26)27-14-16-7-2-1-3-8-16/h1-3,7-10,12-13,23H,5,11,14H2,(H,22,26)(H,24,25). The minimum absolute atomic E-state index is 0.147. The minimum atomic E-state index is -0.996. The Hall–Kier alpha value is -3.72. The topological polar surface area (TPSA) is 91.4 Å². The lowest BCUT2D eigenvalue weighted by Crippen LogP contribution is -2.24. The van der Waals surface area contributed by atoms with Gasteiger partial charge in [0.15, 0.2) is 0 Å². The first-order valence-electron chi connectivity index (χ1n) is 8.41. The Morgan fingerprint density at radius 1 is 1.11 bits per heavy atom. The quantitative estimate of drug-likeness (QED) is 0.478. The van der Waals surface area contributed by atoms with Crippen LogP contribution >= 0.6 is 0 Å². The van der Waals surface area contributed by atoms with Crippen molar-refractivity contribution in [3.63, 3.8) is 0 Å². The molecule has 6 heteroatoms. The molecule has 6 nitrogen and oxygen atoms in total. The zero-order valence-electron chi connectivity index (χ0n) is 14.5. The molecule has 3 rings (SSSR count). The summed E-state index contributed by atoms with van der Waals surface area (Å²) in [7, 11) is 0. The second-order valence-electron chi connectivity index (χ2n) is 5.83. The fraction of sp³-hybridized carbons (Fsp3) is 0.143. The van der Waals surface area contributed by atoms with Crippen LogP contribution in [0.1, 0.15) is 28.0 Å². The predicted octanol–water partition coefficient (Wildman–Crippen LogP) is 3.53. The van der Waals surface area contributed by atoms with Crippen molar-refractivity contribution in [2.24, 2.45) is 0 Å². The fourth-order valence-corrected chi connectivity index (χ4v) is 2.49. The lowest BCUT2D eigenvalue weighted by Gasteiger charge is -2.05. The summed E-state index contributed by atoms with van der Waals surface area (Å²) in [6, 6.07) is 16.5. The summed E-state index contributed by atoms with van der Waals surface area (Å²) < 4.78 is 5.11. The summed E-state index contributed by atoms with van der Waals surface area (Å²) in [4.78, 5) is 25.4. The number of carboxylic acids is 1. The van der Waals surface area contributed by atoms with Crippen molar-refractivity contribution in [1.29, 1.82) is 0 Å². The molecule has 0 atom stereocenters. The van der Waals surface area contributed by atoms with Gasteiger partial charge in [0, 0.05) is 29.4 Å². The van der Waals surface area contributed by atoms with Gasteiger partial charge < -0.3 is 20.1 Å². The van der Waals surface area contributed by atoms with E-state index in [2.05, 4.69) is 22.1 Å². The number of aromatic carboxylic acids is 1.